The molecule has 27 heavy (non-hydrogen) atoms. The Morgan fingerprint density at radius 2 is 2.00 bits per heavy atom. The molecule has 7 heteroatoms. The average Bonchev–Trinajstić information content (AvgIpc) is 2.95. The molecule has 0 radical (unpaired) electrons. The van der Waals surface area contributed by atoms with Gasteiger partial charge in [-0.3, -0.25) is 9.48 Å². The van der Waals surface area contributed by atoms with E-state index in [4.69, 9.17) is 4.74 Å². The fourth-order valence-electron chi connectivity index (χ4n) is 3.15. The molecule has 3 aromatic rings. The molecule has 0 bridgehead atoms. The maximum Gasteiger partial charge on any atom is 0.252 e. The normalized spacial score (nSPS) is 12.4. The number of rotatable bonds is 6. The number of hydrogen-bond donors (Lipinski definition) is 1. The van der Waals surface area contributed by atoms with E-state index in [0.29, 0.717) is 12.1 Å². The summed E-state index contributed by atoms with van der Waals surface area (Å²) in [6.45, 7) is 2.40. The summed E-state index contributed by atoms with van der Waals surface area (Å²) in [5.41, 5.74) is 3.27. The van der Waals surface area contributed by atoms with Gasteiger partial charge < -0.3 is 15.0 Å². The van der Waals surface area contributed by atoms with Crippen molar-refractivity contribution in [2.24, 2.45) is 7.05 Å². The van der Waals surface area contributed by atoms with Crippen LogP contribution in [0.5, 0.6) is 5.75 Å². The number of aromatic nitrogens is 3. The van der Waals surface area contributed by atoms with Crippen molar-refractivity contribution in [3.63, 3.8) is 0 Å². The second-order valence-corrected chi connectivity index (χ2v) is 6.77. The van der Waals surface area contributed by atoms with Crippen molar-refractivity contribution in [1.82, 2.24) is 25.0 Å². The quantitative estimate of drug-likeness (QED) is 0.724. The van der Waals surface area contributed by atoms with Gasteiger partial charge in [-0.05, 0) is 44.8 Å². The Hall–Kier alpha value is -2.93. The molecule has 0 fully saturated rings. The SMILES string of the molecule is COc1ccc([C@@H](CNC(=O)c2cnc3c(c2)c(C)nn3C)N(C)C)cc1. The van der Waals surface area contributed by atoms with Crippen LogP contribution in [0.25, 0.3) is 11.0 Å². The van der Waals surface area contributed by atoms with E-state index in [-0.39, 0.29) is 11.9 Å². The minimum atomic E-state index is -0.145. The van der Waals surface area contributed by atoms with Gasteiger partial charge in [-0.15, -0.1) is 0 Å². The largest absolute Gasteiger partial charge is 0.497 e. The number of carbonyl (C=O) groups excluding carboxylic acids is 1. The van der Waals surface area contributed by atoms with Crippen LogP contribution in [0.4, 0.5) is 0 Å². The van der Waals surface area contributed by atoms with E-state index in [9.17, 15) is 4.79 Å². The molecule has 0 aliphatic heterocycles. The highest BCUT2D eigenvalue weighted by atomic mass is 16.5. The number of aryl methyl sites for hydroxylation is 2. The molecule has 1 aromatic carbocycles. The lowest BCUT2D eigenvalue weighted by Crippen LogP contribution is -2.34. The highest BCUT2D eigenvalue weighted by molar-refractivity contribution is 5.97. The zero-order valence-electron chi connectivity index (χ0n) is 16.4. The number of ether oxygens (including phenoxy) is 1. The monoisotopic (exact) mass is 367 g/mol. The predicted octanol–water partition coefficient (Wildman–Crippen LogP) is 2.32. The number of methoxy groups -OCH3 is 1. The molecule has 3 rings (SSSR count). The summed E-state index contributed by atoms with van der Waals surface area (Å²) in [6.07, 6.45) is 1.59. The Morgan fingerprint density at radius 1 is 1.30 bits per heavy atom. The molecule has 7 nitrogen and oxygen atoms in total. The molecule has 2 aromatic heterocycles. The van der Waals surface area contributed by atoms with E-state index in [0.717, 1.165) is 28.0 Å². The molecule has 0 aliphatic carbocycles. The number of fused-ring (bicyclic) bond motifs is 1. The summed E-state index contributed by atoms with van der Waals surface area (Å²) in [5.74, 6) is 0.666. The van der Waals surface area contributed by atoms with Crippen LogP contribution in [0.1, 0.15) is 27.7 Å². The molecule has 0 saturated heterocycles. The highest BCUT2D eigenvalue weighted by Gasteiger charge is 2.17. The van der Waals surface area contributed by atoms with Crippen molar-refractivity contribution in [3.05, 3.63) is 53.3 Å². The lowest BCUT2D eigenvalue weighted by molar-refractivity contribution is 0.0941. The number of nitrogens with one attached hydrogen (secondary N) is 1. The van der Waals surface area contributed by atoms with Crippen LogP contribution in [-0.4, -0.2) is 53.3 Å². The van der Waals surface area contributed by atoms with Crippen LogP contribution < -0.4 is 10.1 Å². The third kappa shape index (κ3) is 3.93. The number of carbonyl (C=O) groups is 1. The van der Waals surface area contributed by atoms with Crippen molar-refractivity contribution in [3.8, 4) is 5.75 Å². The lowest BCUT2D eigenvalue weighted by atomic mass is 10.1. The minimum absolute atomic E-state index is 0.0525. The first-order chi connectivity index (χ1) is 12.9. The number of nitrogens with zero attached hydrogens (tertiary/aromatic N) is 4. The summed E-state index contributed by atoms with van der Waals surface area (Å²) in [6, 6.07) is 9.78. The van der Waals surface area contributed by atoms with Crippen molar-refractivity contribution >= 4 is 16.9 Å². The molecule has 1 N–H and O–H groups in total. The van der Waals surface area contributed by atoms with Crippen LogP contribution in [-0.2, 0) is 7.05 Å². The van der Waals surface area contributed by atoms with Gasteiger partial charge in [0.15, 0.2) is 5.65 Å². The standard InChI is InChI=1S/C20H25N5O2/c1-13-17-10-15(11-21-19(17)25(4)23-13)20(26)22-12-18(24(2)3)14-6-8-16(27-5)9-7-14/h6-11,18H,12H2,1-5H3,(H,22,26)/t18-/m1/s1. The molecule has 1 amide bonds. The summed E-state index contributed by atoms with van der Waals surface area (Å²) in [5, 5.41) is 8.26. The average molecular weight is 367 g/mol. The van der Waals surface area contributed by atoms with Crippen molar-refractivity contribution in [1.29, 1.82) is 0 Å². The fraction of sp³-hybridized carbons (Fsp3) is 0.350. The van der Waals surface area contributed by atoms with Gasteiger partial charge in [-0.2, -0.15) is 5.10 Å². The first kappa shape index (κ1) is 18.8. The molecular formula is C20H25N5O2. The second-order valence-electron chi connectivity index (χ2n) is 6.77. The van der Waals surface area contributed by atoms with Crippen molar-refractivity contribution in [2.75, 3.05) is 27.7 Å². The van der Waals surface area contributed by atoms with Crippen LogP contribution >= 0.6 is 0 Å². The third-order valence-corrected chi connectivity index (χ3v) is 4.71. The highest BCUT2D eigenvalue weighted by Crippen LogP contribution is 2.21. The molecule has 0 aliphatic rings. The van der Waals surface area contributed by atoms with Gasteiger partial charge in [0.25, 0.3) is 5.91 Å². The number of pyridine rings is 1. The molecule has 0 saturated carbocycles. The smallest absolute Gasteiger partial charge is 0.252 e. The summed E-state index contributed by atoms with van der Waals surface area (Å²) >= 11 is 0. The number of benzene rings is 1. The van der Waals surface area contributed by atoms with Crippen LogP contribution in [0, 0.1) is 6.92 Å². The van der Waals surface area contributed by atoms with Crippen molar-refractivity contribution in [2.45, 2.75) is 13.0 Å². The first-order valence-electron chi connectivity index (χ1n) is 8.78. The minimum Gasteiger partial charge on any atom is -0.497 e. The Kier molecular flexibility index (Phi) is 5.41. The number of likely N-dealkylation sites (N-methyl/N-ethyl adjacent to an activating group) is 1. The summed E-state index contributed by atoms with van der Waals surface area (Å²) < 4.78 is 6.94. The van der Waals surface area contributed by atoms with E-state index in [1.807, 2.05) is 58.4 Å². The number of hydrogen-bond acceptors (Lipinski definition) is 5. The van der Waals surface area contributed by atoms with Gasteiger partial charge in [-0.1, -0.05) is 12.1 Å². The van der Waals surface area contributed by atoms with Crippen LogP contribution in [0.2, 0.25) is 0 Å². The molecule has 0 unspecified atom stereocenters. The van der Waals surface area contributed by atoms with Gasteiger partial charge in [0.2, 0.25) is 0 Å². The Bertz CT molecular complexity index is 947. The zero-order valence-corrected chi connectivity index (χ0v) is 16.4. The number of amides is 1. The van der Waals surface area contributed by atoms with Crippen molar-refractivity contribution < 1.29 is 9.53 Å². The van der Waals surface area contributed by atoms with E-state index in [2.05, 4.69) is 20.3 Å². The predicted molar refractivity (Wildman–Crippen MR) is 105 cm³/mol. The zero-order chi connectivity index (χ0) is 19.6. The van der Waals surface area contributed by atoms with Gasteiger partial charge in [-0.25, -0.2) is 4.98 Å². The van der Waals surface area contributed by atoms with E-state index < -0.39 is 0 Å². The van der Waals surface area contributed by atoms with Gasteiger partial charge in [0.05, 0.1) is 24.4 Å². The third-order valence-electron chi connectivity index (χ3n) is 4.71. The lowest BCUT2D eigenvalue weighted by Gasteiger charge is -2.25. The second kappa shape index (κ2) is 7.75. The van der Waals surface area contributed by atoms with Gasteiger partial charge in [0.1, 0.15) is 5.75 Å². The topological polar surface area (TPSA) is 72.3 Å². The maximum absolute atomic E-state index is 12.6. The van der Waals surface area contributed by atoms with Gasteiger partial charge in [0, 0.05) is 25.2 Å². The molecule has 0 spiro atoms. The molecule has 2 heterocycles. The van der Waals surface area contributed by atoms with E-state index in [1.165, 1.54) is 0 Å². The Morgan fingerprint density at radius 3 is 2.63 bits per heavy atom. The molecule has 142 valence electrons. The maximum atomic E-state index is 12.6. The van der Waals surface area contributed by atoms with Crippen LogP contribution in [0.15, 0.2) is 36.5 Å². The van der Waals surface area contributed by atoms with E-state index in [1.54, 1.807) is 18.0 Å². The van der Waals surface area contributed by atoms with E-state index >= 15 is 0 Å². The summed E-state index contributed by atoms with van der Waals surface area (Å²) in [4.78, 5) is 19.1. The summed E-state index contributed by atoms with van der Waals surface area (Å²) in [7, 11) is 7.48. The molecule has 1 atom stereocenters. The Balaban J connectivity index is 1.75. The Labute approximate surface area is 159 Å². The fourth-order valence-corrected chi connectivity index (χ4v) is 3.15. The van der Waals surface area contributed by atoms with Gasteiger partial charge >= 0.3 is 0 Å². The first-order valence-corrected chi connectivity index (χ1v) is 8.78. The molecular weight excluding hydrogens is 342 g/mol. The van der Waals surface area contributed by atoms with Crippen LogP contribution in [0.3, 0.4) is 0 Å².